The lowest BCUT2D eigenvalue weighted by Gasteiger charge is -2.13. The van der Waals surface area contributed by atoms with Crippen molar-refractivity contribution in [2.24, 2.45) is 0 Å². The molecule has 2 N–H and O–H groups in total. The third-order valence-corrected chi connectivity index (χ3v) is 2.58. The highest BCUT2D eigenvalue weighted by atomic mass is 19.4. The summed E-state index contributed by atoms with van der Waals surface area (Å²) in [5, 5.41) is 0. The molecule has 4 nitrogen and oxygen atoms in total. The molecule has 1 aromatic heterocycles. The Balaban J connectivity index is 2.38. The van der Waals surface area contributed by atoms with Crippen LogP contribution in [0.3, 0.4) is 0 Å². The topological polar surface area (TPSA) is 61.0 Å². The number of ether oxygens (including phenoxy) is 1. The maximum Gasteiger partial charge on any atom is 0.420 e. The fraction of sp³-hybridized carbons (Fsp3) is 0.231. The van der Waals surface area contributed by atoms with E-state index in [-0.39, 0.29) is 17.3 Å². The lowest BCUT2D eigenvalue weighted by atomic mass is 10.1. The third kappa shape index (κ3) is 3.17. The Morgan fingerprint density at radius 3 is 2.60 bits per heavy atom. The molecule has 0 atom stereocenters. The molecule has 0 saturated carbocycles. The Kier molecular flexibility index (Phi) is 3.78. The Morgan fingerprint density at radius 2 is 1.95 bits per heavy atom. The highest BCUT2D eigenvalue weighted by Crippen LogP contribution is 2.38. The second kappa shape index (κ2) is 5.36. The SMILES string of the molecule is CCc1cc(Oc2ccc(N)cc2C(F)(F)F)ncn1. The van der Waals surface area contributed by atoms with Crippen molar-refractivity contribution in [2.45, 2.75) is 19.5 Å². The van der Waals surface area contributed by atoms with Gasteiger partial charge in [0.25, 0.3) is 0 Å². The normalized spacial score (nSPS) is 11.4. The summed E-state index contributed by atoms with van der Waals surface area (Å²) in [6.07, 6.45) is -2.67. The monoisotopic (exact) mass is 283 g/mol. The first-order valence-corrected chi connectivity index (χ1v) is 5.85. The predicted molar refractivity (Wildman–Crippen MR) is 67.3 cm³/mol. The van der Waals surface area contributed by atoms with Gasteiger partial charge >= 0.3 is 6.18 Å². The first-order chi connectivity index (χ1) is 9.40. The van der Waals surface area contributed by atoms with Crippen LogP contribution in [-0.2, 0) is 12.6 Å². The van der Waals surface area contributed by atoms with Crippen LogP contribution < -0.4 is 10.5 Å². The summed E-state index contributed by atoms with van der Waals surface area (Å²) in [5.41, 5.74) is 5.14. The number of nitrogen functional groups attached to an aromatic ring is 1. The van der Waals surface area contributed by atoms with Crippen LogP contribution in [0.1, 0.15) is 18.2 Å². The molecule has 0 unspecified atom stereocenters. The highest BCUT2D eigenvalue weighted by molar-refractivity contribution is 5.50. The standard InChI is InChI=1S/C13H12F3N3O/c1-2-9-6-12(19-7-18-9)20-11-4-3-8(17)5-10(11)13(14,15)16/h3-7H,2,17H2,1H3. The molecular weight excluding hydrogens is 271 g/mol. The van der Waals surface area contributed by atoms with Gasteiger partial charge in [-0.25, -0.2) is 9.97 Å². The number of aryl methyl sites for hydroxylation is 1. The summed E-state index contributed by atoms with van der Waals surface area (Å²) < 4.78 is 43.9. The number of rotatable bonds is 3. The second-order valence-corrected chi connectivity index (χ2v) is 4.06. The van der Waals surface area contributed by atoms with Crippen molar-refractivity contribution >= 4 is 5.69 Å². The second-order valence-electron chi connectivity index (χ2n) is 4.06. The molecule has 0 aliphatic carbocycles. The van der Waals surface area contributed by atoms with E-state index in [2.05, 4.69) is 9.97 Å². The molecule has 1 aromatic carbocycles. The molecule has 0 bridgehead atoms. The molecule has 20 heavy (non-hydrogen) atoms. The van der Waals surface area contributed by atoms with E-state index in [9.17, 15) is 13.2 Å². The predicted octanol–water partition coefficient (Wildman–Crippen LogP) is 3.43. The van der Waals surface area contributed by atoms with Crippen LogP contribution in [-0.4, -0.2) is 9.97 Å². The van der Waals surface area contributed by atoms with Gasteiger partial charge in [0.05, 0.1) is 0 Å². The van der Waals surface area contributed by atoms with Crippen molar-refractivity contribution in [3.63, 3.8) is 0 Å². The molecule has 0 fully saturated rings. The minimum Gasteiger partial charge on any atom is -0.438 e. The smallest absolute Gasteiger partial charge is 0.420 e. The number of halogens is 3. The lowest BCUT2D eigenvalue weighted by Crippen LogP contribution is -2.08. The number of hydrogen-bond donors (Lipinski definition) is 1. The first-order valence-electron chi connectivity index (χ1n) is 5.85. The van der Waals surface area contributed by atoms with E-state index in [1.54, 1.807) is 0 Å². The van der Waals surface area contributed by atoms with Gasteiger partial charge < -0.3 is 10.5 Å². The van der Waals surface area contributed by atoms with Gasteiger partial charge in [-0.15, -0.1) is 0 Å². The van der Waals surface area contributed by atoms with E-state index in [1.807, 2.05) is 6.92 Å². The molecule has 0 amide bonds. The average Bonchev–Trinajstić information content (AvgIpc) is 2.40. The number of hydrogen-bond acceptors (Lipinski definition) is 4. The van der Waals surface area contributed by atoms with Gasteiger partial charge in [-0.1, -0.05) is 6.92 Å². The molecule has 1 heterocycles. The van der Waals surface area contributed by atoms with E-state index in [0.717, 1.165) is 6.07 Å². The maximum atomic E-state index is 12.9. The Labute approximate surface area is 113 Å². The van der Waals surface area contributed by atoms with Gasteiger partial charge in [-0.2, -0.15) is 13.2 Å². The van der Waals surface area contributed by atoms with Crippen molar-refractivity contribution < 1.29 is 17.9 Å². The van der Waals surface area contributed by atoms with Gasteiger partial charge in [-0.3, -0.25) is 0 Å². The van der Waals surface area contributed by atoms with Crippen molar-refractivity contribution in [1.82, 2.24) is 9.97 Å². The fourth-order valence-electron chi connectivity index (χ4n) is 1.60. The molecule has 0 radical (unpaired) electrons. The number of aromatic nitrogens is 2. The van der Waals surface area contributed by atoms with Crippen molar-refractivity contribution in [3.8, 4) is 11.6 Å². The van der Waals surface area contributed by atoms with Crippen LogP contribution in [0.15, 0.2) is 30.6 Å². The fourth-order valence-corrected chi connectivity index (χ4v) is 1.60. The highest BCUT2D eigenvalue weighted by Gasteiger charge is 2.34. The molecule has 0 spiro atoms. The van der Waals surface area contributed by atoms with Gasteiger partial charge in [0.1, 0.15) is 17.6 Å². The van der Waals surface area contributed by atoms with E-state index in [4.69, 9.17) is 10.5 Å². The molecular formula is C13H12F3N3O. The van der Waals surface area contributed by atoms with E-state index in [1.165, 1.54) is 24.5 Å². The van der Waals surface area contributed by atoms with E-state index < -0.39 is 11.7 Å². The van der Waals surface area contributed by atoms with Gasteiger partial charge in [0, 0.05) is 17.4 Å². The molecule has 0 aliphatic heterocycles. The van der Waals surface area contributed by atoms with Crippen molar-refractivity contribution in [2.75, 3.05) is 5.73 Å². The zero-order chi connectivity index (χ0) is 14.8. The van der Waals surface area contributed by atoms with Crippen molar-refractivity contribution in [3.05, 3.63) is 41.9 Å². The average molecular weight is 283 g/mol. The summed E-state index contributed by atoms with van der Waals surface area (Å²) in [5.74, 6) is -0.278. The number of anilines is 1. The quantitative estimate of drug-likeness (QED) is 0.877. The Hall–Kier alpha value is -2.31. The zero-order valence-corrected chi connectivity index (χ0v) is 10.6. The number of alkyl halides is 3. The summed E-state index contributed by atoms with van der Waals surface area (Å²) in [6, 6.07) is 4.84. The number of nitrogens with zero attached hydrogens (tertiary/aromatic N) is 2. The minimum atomic E-state index is -4.55. The summed E-state index contributed by atoms with van der Waals surface area (Å²) in [4.78, 5) is 7.75. The van der Waals surface area contributed by atoms with E-state index >= 15 is 0 Å². The van der Waals surface area contributed by atoms with Crippen LogP contribution in [0.4, 0.5) is 18.9 Å². The van der Waals surface area contributed by atoms with Gasteiger partial charge in [0.15, 0.2) is 0 Å². The summed E-state index contributed by atoms with van der Waals surface area (Å²) >= 11 is 0. The molecule has 106 valence electrons. The Morgan fingerprint density at radius 1 is 1.20 bits per heavy atom. The van der Waals surface area contributed by atoms with Crippen molar-refractivity contribution in [1.29, 1.82) is 0 Å². The van der Waals surface area contributed by atoms with Crippen LogP contribution in [0, 0.1) is 0 Å². The third-order valence-electron chi connectivity index (χ3n) is 2.58. The zero-order valence-electron chi connectivity index (χ0n) is 10.6. The van der Waals surface area contributed by atoms with Gasteiger partial charge in [-0.05, 0) is 24.6 Å². The largest absolute Gasteiger partial charge is 0.438 e. The summed E-state index contributed by atoms with van der Waals surface area (Å²) in [6.45, 7) is 1.87. The molecule has 0 saturated heterocycles. The lowest BCUT2D eigenvalue weighted by molar-refractivity contribution is -0.138. The maximum absolute atomic E-state index is 12.9. The molecule has 2 aromatic rings. The molecule has 7 heteroatoms. The number of nitrogens with two attached hydrogens (primary N) is 1. The minimum absolute atomic E-state index is 0.0154. The number of benzene rings is 1. The van der Waals surface area contributed by atoms with Crippen LogP contribution >= 0.6 is 0 Å². The van der Waals surface area contributed by atoms with Gasteiger partial charge in [0.2, 0.25) is 5.88 Å². The van der Waals surface area contributed by atoms with Crippen LogP contribution in [0.2, 0.25) is 0 Å². The van der Waals surface area contributed by atoms with Crippen LogP contribution in [0.25, 0.3) is 0 Å². The van der Waals surface area contributed by atoms with E-state index in [0.29, 0.717) is 12.1 Å². The first kappa shape index (κ1) is 14.1. The molecule has 0 aliphatic rings. The summed E-state index contributed by atoms with van der Waals surface area (Å²) in [7, 11) is 0. The Bertz CT molecular complexity index is 614. The van der Waals surface area contributed by atoms with Crippen LogP contribution in [0.5, 0.6) is 11.6 Å². The molecule has 2 rings (SSSR count).